The molecule has 5 rings (SSSR count). The van der Waals surface area contributed by atoms with Crippen LogP contribution in [-0.2, 0) is 0 Å². The van der Waals surface area contributed by atoms with Gasteiger partial charge in [0.05, 0.1) is 17.5 Å². The molecular weight excluding hydrogens is 467 g/mol. The van der Waals surface area contributed by atoms with E-state index >= 15 is 0 Å². The average Bonchev–Trinajstić information content (AvgIpc) is 3.44. The Hall–Kier alpha value is -4.02. The number of benzene rings is 1. The molecule has 11 heteroatoms. The molecule has 2 N–H and O–H groups in total. The number of fused-ring (bicyclic) bond motifs is 1. The topological polar surface area (TPSA) is 130 Å². The van der Waals surface area contributed by atoms with Crippen LogP contribution in [0.25, 0.3) is 28.5 Å². The number of aromatic nitrogens is 5. The minimum absolute atomic E-state index is 0.0590. The van der Waals surface area contributed by atoms with Crippen LogP contribution in [0.3, 0.4) is 0 Å². The predicted molar refractivity (Wildman–Crippen MR) is 129 cm³/mol. The van der Waals surface area contributed by atoms with Gasteiger partial charge in [-0.25, -0.2) is 13.7 Å². The van der Waals surface area contributed by atoms with Crippen molar-refractivity contribution in [3.05, 3.63) is 58.4 Å². The van der Waals surface area contributed by atoms with E-state index in [0.29, 0.717) is 42.7 Å². The van der Waals surface area contributed by atoms with Crippen LogP contribution in [0.2, 0.25) is 0 Å². The number of aromatic amines is 1. The number of amides is 1. The van der Waals surface area contributed by atoms with Gasteiger partial charge in [-0.15, -0.1) is 0 Å². The molecule has 0 saturated carbocycles. The summed E-state index contributed by atoms with van der Waals surface area (Å²) in [5.74, 6) is -0.352. The minimum atomic E-state index is -0.929. The van der Waals surface area contributed by atoms with Crippen LogP contribution in [0, 0.1) is 11.2 Å². The zero-order chi connectivity index (χ0) is 25.6. The SMILES string of the molecule is CC(C)(C)C[C@@H]1C[C@H](c2cc(=O)[nH]c3c(-c4nc(-c5ccccc5F)no4)cnn23)CCN1C(=O)O. The normalized spacial score (nSPS) is 18.6. The molecular formula is C25H27FN6O4. The number of nitrogens with one attached hydrogen (secondary N) is 1. The number of halogens is 1. The first-order valence-corrected chi connectivity index (χ1v) is 11.8. The molecule has 1 amide bonds. The lowest BCUT2D eigenvalue weighted by molar-refractivity contribution is 0.0823. The number of nitrogens with zero attached hydrogens (tertiary/aromatic N) is 5. The number of hydrogen-bond acceptors (Lipinski definition) is 6. The zero-order valence-corrected chi connectivity index (χ0v) is 20.2. The van der Waals surface area contributed by atoms with Crippen molar-refractivity contribution in [2.24, 2.45) is 5.41 Å². The summed E-state index contributed by atoms with van der Waals surface area (Å²) < 4.78 is 21.2. The fourth-order valence-electron chi connectivity index (χ4n) is 5.02. The first-order chi connectivity index (χ1) is 17.1. The molecule has 4 heterocycles. The zero-order valence-electron chi connectivity index (χ0n) is 20.2. The third kappa shape index (κ3) is 4.48. The van der Waals surface area contributed by atoms with Crippen LogP contribution in [0.4, 0.5) is 9.18 Å². The first kappa shape index (κ1) is 23.7. The predicted octanol–water partition coefficient (Wildman–Crippen LogP) is 4.54. The van der Waals surface area contributed by atoms with E-state index in [9.17, 15) is 19.1 Å². The van der Waals surface area contributed by atoms with Gasteiger partial charge >= 0.3 is 6.09 Å². The van der Waals surface area contributed by atoms with Crippen LogP contribution < -0.4 is 5.56 Å². The molecule has 188 valence electrons. The molecule has 1 fully saturated rings. The Labute approximate surface area is 205 Å². The van der Waals surface area contributed by atoms with Crippen LogP contribution in [0.5, 0.6) is 0 Å². The molecule has 1 saturated heterocycles. The maximum Gasteiger partial charge on any atom is 0.407 e. The number of hydrogen-bond donors (Lipinski definition) is 2. The lowest BCUT2D eigenvalue weighted by Gasteiger charge is -2.40. The Kier molecular flexibility index (Phi) is 5.85. The molecule has 0 unspecified atom stereocenters. The van der Waals surface area contributed by atoms with Gasteiger partial charge in [-0.3, -0.25) is 4.79 Å². The summed E-state index contributed by atoms with van der Waals surface area (Å²) in [6, 6.07) is 7.45. The van der Waals surface area contributed by atoms with Crippen LogP contribution >= 0.6 is 0 Å². The molecule has 0 aliphatic carbocycles. The second-order valence-electron chi connectivity index (χ2n) is 10.4. The first-order valence-electron chi connectivity index (χ1n) is 11.8. The summed E-state index contributed by atoms with van der Waals surface area (Å²) in [7, 11) is 0. The second kappa shape index (κ2) is 8.89. The highest BCUT2D eigenvalue weighted by atomic mass is 19.1. The molecule has 1 aliphatic heterocycles. The molecule has 4 aromatic rings. The molecule has 3 aromatic heterocycles. The maximum atomic E-state index is 14.2. The molecule has 2 atom stereocenters. The van der Waals surface area contributed by atoms with Crippen molar-refractivity contribution < 1.29 is 18.8 Å². The number of H-pyrrole nitrogens is 1. The highest BCUT2D eigenvalue weighted by molar-refractivity contribution is 5.72. The second-order valence-corrected chi connectivity index (χ2v) is 10.4. The van der Waals surface area contributed by atoms with Crippen molar-refractivity contribution in [1.82, 2.24) is 29.6 Å². The standard InChI is InChI=1S/C25H27FN6O4/c1-25(2,3)12-15-10-14(8-9-31(15)24(34)35)19-11-20(33)28-22-17(13-27-32(19)22)23-29-21(30-36-23)16-6-4-5-7-18(16)26/h4-7,11,13-15H,8-10,12H2,1-3H3,(H,28,33)(H,34,35)/t14-,15+/m1/s1. The van der Waals surface area contributed by atoms with Crippen molar-refractivity contribution in [2.75, 3.05) is 6.54 Å². The van der Waals surface area contributed by atoms with Crippen LogP contribution in [0.1, 0.15) is 51.6 Å². The molecule has 0 bridgehead atoms. The summed E-state index contributed by atoms with van der Waals surface area (Å²) in [4.78, 5) is 33.1. The fraction of sp³-hybridized carbons (Fsp3) is 0.400. The van der Waals surface area contributed by atoms with E-state index in [1.807, 2.05) is 0 Å². The number of piperidine rings is 1. The summed E-state index contributed by atoms with van der Waals surface area (Å²) >= 11 is 0. The van der Waals surface area contributed by atoms with Crippen molar-refractivity contribution >= 4 is 11.7 Å². The highest BCUT2D eigenvalue weighted by Crippen LogP contribution is 2.37. The van der Waals surface area contributed by atoms with E-state index in [1.165, 1.54) is 23.2 Å². The van der Waals surface area contributed by atoms with Gasteiger partial charge < -0.3 is 19.5 Å². The Balaban J connectivity index is 1.51. The van der Waals surface area contributed by atoms with Crippen molar-refractivity contribution in [3.63, 3.8) is 0 Å². The van der Waals surface area contributed by atoms with E-state index in [0.717, 1.165) is 0 Å². The third-order valence-corrected chi connectivity index (χ3v) is 6.53. The summed E-state index contributed by atoms with van der Waals surface area (Å²) in [6.07, 6.45) is 2.44. The summed E-state index contributed by atoms with van der Waals surface area (Å²) in [5.41, 5.74) is 1.32. The molecule has 1 aromatic carbocycles. The van der Waals surface area contributed by atoms with E-state index in [-0.39, 0.29) is 40.2 Å². The monoisotopic (exact) mass is 494 g/mol. The van der Waals surface area contributed by atoms with Gasteiger partial charge in [-0.1, -0.05) is 38.1 Å². The van der Waals surface area contributed by atoms with Gasteiger partial charge in [-0.05, 0) is 36.8 Å². The Bertz CT molecular complexity index is 1480. The lowest BCUT2D eigenvalue weighted by Crippen LogP contribution is -2.46. The summed E-state index contributed by atoms with van der Waals surface area (Å²) in [6.45, 7) is 6.63. The molecule has 0 radical (unpaired) electrons. The molecule has 0 spiro atoms. The van der Waals surface area contributed by atoms with Crippen LogP contribution in [-0.4, -0.2) is 53.4 Å². The largest absolute Gasteiger partial charge is 0.465 e. The fourth-order valence-corrected chi connectivity index (χ4v) is 5.02. The van der Waals surface area contributed by atoms with Gasteiger partial charge in [0.25, 0.3) is 11.4 Å². The van der Waals surface area contributed by atoms with E-state index in [2.05, 4.69) is 41.0 Å². The van der Waals surface area contributed by atoms with E-state index < -0.39 is 11.9 Å². The smallest absolute Gasteiger partial charge is 0.407 e. The van der Waals surface area contributed by atoms with E-state index in [4.69, 9.17) is 4.52 Å². The minimum Gasteiger partial charge on any atom is -0.465 e. The number of likely N-dealkylation sites (tertiary alicyclic amines) is 1. The van der Waals surface area contributed by atoms with Gasteiger partial charge in [-0.2, -0.15) is 10.1 Å². The van der Waals surface area contributed by atoms with Crippen LogP contribution in [0.15, 0.2) is 45.8 Å². The third-order valence-electron chi connectivity index (χ3n) is 6.53. The average molecular weight is 495 g/mol. The van der Waals surface area contributed by atoms with Gasteiger partial charge in [0.1, 0.15) is 17.0 Å². The molecule has 36 heavy (non-hydrogen) atoms. The van der Waals surface area contributed by atoms with Gasteiger partial charge in [0.2, 0.25) is 5.82 Å². The quantitative estimate of drug-likeness (QED) is 0.426. The summed E-state index contributed by atoms with van der Waals surface area (Å²) in [5, 5.41) is 18.1. The van der Waals surface area contributed by atoms with Crippen molar-refractivity contribution in [2.45, 2.75) is 52.0 Å². The number of carbonyl (C=O) groups is 1. The Morgan fingerprint density at radius 3 is 2.78 bits per heavy atom. The maximum absolute atomic E-state index is 14.2. The van der Waals surface area contributed by atoms with Gasteiger partial charge in [0.15, 0.2) is 0 Å². The van der Waals surface area contributed by atoms with Crippen molar-refractivity contribution in [3.8, 4) is 22.8 Å². The highest BCUT2D eigenvalue weighted by Gasteiger charge is 2.36. The number of carboxylic acid groups (broad SMARTS) is 1. The van der Waals surface area contributed by atoms with Crippen molar-refractivity contribution in [1.29, 1.82) is 0 Å². The Morgan fingerprint density at radius 1 is 1.28 bits per heavy atom. The lowest BCUT2D eigenvalue weighted by atomic mass is 9.80. The Morgan fingerprint density at radius 2 is 2.06 bits per heavy atom. The van der Waals surface area contributed by atoms with E-state index in [1.54, 1.807) is 22.7 Å². The number of rotatable bonds is 4. The molecule has 1 aliphatic rings. The van der Waals surface area contributed by atoms with Gasteiger partial charge in [0, 0.05) is 24.6 Å². The molecule has 10 nitrogen and oxygen atoms in total.